The van der Waals surface area contributed by atoms with Crippen LogP contribution < -0.4 is 14.4 Å². The van der Waals surface area contributed by atoms with E-state index in [0.717, 1.165) is 56.7 Å². The Kier molecular flexibility index (Phi) is 5.46. The molecule has 5 nitrogen and oxygen atoms in total. The van der Waals surface area contributed by atoms with Crippen LogP contribution in [0.4, 0.5) is 5.69 Å². The van der Waals surface area contributed by atoms with Crippen molar-refractivity contribution < 1.29 is 14.3 Å². The second kappa shape index (κ2) is 8.60. The molecule has 0 N–H and O–H groups in total. The van der Waals surface area contributed by atoms with Crippen molar-refractivity contribution in [2.45, 2.75) is 13.8 Å². The number of aryl methyl sites for hydroxylation is 1. The van der Waals surface area contributed by atoms with Gasteiger partial charge in [-0.3, -0.25) is 4.79 Å². The lowest BCUT2D eigenvalue weighted by atomic mass is 10.0. The zero-order chi connectivity index (χ0) is 23.8. The number of hydrogen-bond acceptors (Lipinski definition) is 3. The van der Waals surface area contributed by atoms with E-state index in [0.29, 0.717) is 0 Å². The third-order valence-electron chi connectivity index (χ3n) is 6.25. The van der Waals surface area contributed by atoms with Crippen LogP contribution in [-0.2, 0) is 4.79 Å². The van der Waals surface area contributed by atoms with Crippen molar-refractivity contribution in [3.8, 4) is 22.9 Å². The number of anilines is 1. The van der Waals surface area contributed by atoms with Gasteiger partial charge in [0.15, 0.2) is 0 Å². The first kappa shape index (κ1) is 21.6. The highest BCUT2D eigenvalue weighted by molar-refractivity contribution is 6.35. The number of fused-ring (bicyclic) bond motifs is 1. The Bertz CT molecular complexity index is 1400. The Morgan fingerprint density at radius 2 is 1.44 bits per heavy atom. The predicted molar refractivity (Wildman–Crippen MR) is 136 cm³/mol. The lowest BCUT2D eigenvalue weighted by molar-refractivity contribution is -0.112. The number of amides is 1. The molecule has 4 aromatic rings. The van der Waals surface area contributed by atoms with Crippen molar-refractivity contribution in [3.05, 3.63) is 101 Å². The molecule has 2 heterocycles. The van der Waals surface area contributed by atoms with Crippen LogP contribution in [0.3, 0.4) is 0 Å². The fraction of sp³-hybridized carbons (Fsp3) is 0.138. The SMILES string of the molecule is COc1ccc(Oc2ccc(-n3c(C)cc(/C=C4/C(=O)N(C)c5ccccc54)c3C)cc2)cc1. The van der Waals surface area contributed by atoms with E-state index >= 15 is 0 Å². The Morgan fingerprint density at radius 1 is 0.824 bits per heavy atom. The van der Waals surface area contributed by atoms with Gasteiger partial charge in [-0.2, -0.15) is 0 Å². The summed E-state index contributed by atoms with van der Waals surface area (Å²) in [7, 11) is 3.46. The van der Waals surface area contributed by atoms with Gasteiger partial charge in [0.2, 0.25) is 0 Å². The summed E-state index contributed by atoms with van der Waals surface area (Å²) in [5.74, 6) is 2.32. The first-order valence-electron chi connectivity index (χ1n) is 11.2. The van der Waals surface area contributed by atoms with Crippen molar-refractivity contribution in [1.29, 1.82) is 0 Å². The Labute approximate surface area is 199 Å². The van der Waals surface area contributed by atoms with E-state index in [4.69, 9.17) is 9.47 Å². The molecule has 1 amide bonds. The standard InChI is InChI=1S/C29H26N2O3/c1-19-17-21(18-27-26-7-5-6-8-28(26)30(3)29(27)32)20(2)31(19)22-9-11-24(12-10-22)34-25-15-13-23(33-4)14-16-25/h5-18H,1-4H3/b27-18+. The number of aromatic nitrogens is 1. The molecule has 3 aromatic carbocycles. The highest BCUT2D eigenvalue weighted by Crippen LogP contribution is 2.37. The Balaban J connectivity index is 1.43. The molecule has 0 atom stereocenters. The van der Waals surface area contributed by atoms with Crippen LogP contribution in [0.25, 0.3) is 17.3 Å². The van der Waals surface area contributed by atoms with Gasteiger partial charge in [-0.1, -0.05) is 18.2 Å². The van der Waals surface area contributed by atoms with Gasteiger partial charge >= 0.3 is 0 Å². The van der Waals surface area contributed by atoms with Crippen LogP contribution >= 0.6 is 0 Å². The summed E-state index contributed by atoms with van der Waals surface area (Å²) in [4.78, 5) is 14.6. The van der Waals surface area contributed by atoms with E-state index < -0.39 is 0 Å². The number of hydrogen-bond donors (Lipinski definition) is 0. The number of nitrogens with zero attached hydrogens (tertiary/aromatic N) is 2. The fourth-order valence-corrected chi connectivity index (χ4v) is 4.47. The van der Waals surface area contributed by atoms with Crippen LogP contribution in [0, 0.1) is 13.8 Å². The summed E-state index contributed by atoms with van der Waals surface area (Å²) in [6, 6.07) is 25.5. The second-order valence-electron chi connectivity index (χ2n) is 8.37. The summed E-state index contributed by atoms with van der Waals surface area (Å²) < 4.78 is 13.4. The minimum atomic E-state index is 0.0195. The monoisotopic (exact) mass is 450 g/mol. The van der Waals surface area contributed by atoms with Gasteiger partial charge in [-0.15, -0.1) is 0 Å². The number of methoxy groups -OCH3 is 1. The van der Waals surface area contributed by atoms with E-state index in [2.05, 4.69) is 24.5 Å². The number of likely N-dealkylation sites (N-methyl/N-ethyl adjacent to an activating group) is 1. The number of carbonyl (C=O) groups is 1. The van der Waals surface area contributed by atoms with Crippen molar-refractivity contribution in [2.75, 3.05) is 19.1 Å². The largest absolute Gasteiger partial charge is 0.497 e. The van der Waals surface area contributed by atoms with Crippen molar-refractivity contribution >= 4 is 23.2 Å². The maximum absolute atomic E-state index is 12.9. The zero-order valence-corrected chi connectivity index (χ0v) is 19.7. The van der Waals surface area contributed by atoms with Gasteiger partial charge in [0.25, 0.3) is 5.91 Å². The number of para-hydroxylation sites is 1. The van der Waals surface area contributed by atoms with Crippen LogP contribution in [0.5, 0.6) is 17.2 Å². The lowest BCUT2D eigenvalue weighted by Crippen LogP contribution is -2.20. The molecule has 1 aliphatic rings. The average molecular weight is 451 g/mol. The topological polar surface area (TPSA) is 43.7 Å². The molecule has 0 fully saturated rings. The smallest absolute Gasteiger partial charge is 0.258 e. The zero-order valence-electron chi connectivity index (χ0n) is 19.7. The van der Waals surface area contributed by atoms with E-state index in [1.165, 1.54) is 0 Å². The van der Waals surface area contributed by atoms with E-state index in [9.17, 15) is 4.79 Å². The lowest BCUT2D eigenvalue weighted by Gasteiger charge is -2.12. The first-order chi connectivity index (χ1) is 16.5. The van der Waals surface area contributed by atoms with E-state index in [-0.39, 0.29) is 5.91 Å². The molecule has 0 bridgehead atoms. The fourth-order valence-electron chi connectivity index (χ4n) is 4.47. The molecule has 5 rings (SSSR count). The van der Waals surface area contributed by atoms with Crippen molar-refractivity contribution in [2.24, 2.45) is 0 Å². The molecular weight excluding hydrogens is 424 g/mol. The van der Waals surface area contributed by atoms with E-state index in [1.807, 2.05) is 85.9 Å². The summed E-state index contributed by atoms with van der Waals surface area (Å²) in [5, 5.41) is 0. The van der Waals surface area contributed by atoms with Gasteiger partial charge < -0.3 is 18.9 Å². The van der Waals surface area contributed by atoms with Crippen LogP contribution in [0.1, 0.15) is 22.5 Å². The molecule has 1 aromatic heterocycles. The number of benzene rings is 3. The van der Waals surface area contributed by atoms with Gasteiger partial charge in [-0.05, 0) is 86.2 Å². The predicted octanol–water partition coefficient (Wildman–Crippen LogP) is 6.41. The normalized spacial score (nSPS) is 13.9. The van der Waals surface area contributed by atoms with Gasteiger partial charge in [-0.25, -0.2) is 0 Å². The summed E-state index contributed by atoms with van der Waals surface area (Å²) >= 11 is 0. The maximum Gasteiger partial charge on any atom is 0.258 e. The molecule has 34 heavy (non-hydrogen) atoms. The molecule has 0 radical (unpaired) electrons. The summed E-state index contributed by atoms with van der Waals surface area (Å²) in [5.41, 5.74) is 6.89. The summed E-state index contributed by atoms with van der Waals surface area (Å²) in [6.45, 7) is 4.16. The third kappa shape index (κ3) is 3.75. The van der Waals surface area contributed by atoms with Gasteiger partial charge in [0, 0.05) is 35.3 Å². The van der Waals surface area contributed by atoms with E-state index in [1.54, 1.807) is 12.0 Å². The van der Waals surface area contributed by atoms with Crippen LogP contribution in [0.2, 0.25) is 0 Å². The molecule has 1 aliphatic heterocycles. The minimum absolute atomic E-state index is 0.0195. The molecule has 170 valence electrons. The average Bonchev–Trinajstić information content (AvgIpc) is 3.27. The molecular formula is C29H26N2O3. The number of carbonyl (C=O) groups excluding carboxylic acids is 1. The van der Waals surface area contributed by atoms with Gasteiger partial charge in [0.05, 0.1) is 12.8 Å². The highest BCUT2D eigenvalue weighted by Gasteiger charge is 2.29. The Hall–Kier alpha value is -4.25. The molecule has 0 unspecified atom stereocenters. The quantitative estimate of drug-likeness (QED) is 0.330. The maximum atomic E-state index is 12.9. The molecule has 0 spiro atoms. The number of rotatable bonds is 5. The molecule has 0 saturated heterocycles. The highest BCUT2D eigenvalue weighted by atomic mass is 16.5. The Morgan fingerprint density at radius 3 is 2.12 bits per heavy atom. The van der Waals surface area contributed by atoms with Crippen molar-refractivity contribution in [1.82, 2.24) is 4.57 Å². The molecule has 5 heteroatoms. The van der Waals surface area contributed by atoms with Crippen LogP contribution in [0.15, 0.2) is 78.9 Å². The minimum Gasteiger partial charge on any atom is -0.497 e. The van der Waals surface area contributed by atoms with Crippen molar-refractivity contribution in [3.63, 3.8) is 0 Å². The van der Waals surface area contributed by atoms with Gasteiger partial charge in [0.1, 0.15) is 17.2 Å². The summed E-state index contributed by atoms with van der Waals surface area (Å²) in [6.07, 6.45) is 2.00. The second-order valence-corrected chi connectivity index (χ2v) is 8.37. The molecule has 0 aliphatic carbocycles. The molecule has 0 saturated carbocycles. The third-order valence-corrected chi connectivity index (χ3v) is 6.25. The van der Waals surface area contributed by atoms with Crippen LogP contribution in [-0.4, -0.2) is 24.6 Å². The first-order valence-corrected chi connectivity index (χ1v) is 11.2. The number of ether oxygens (including phenoxy) is 2.